The van der Waals surface area contributed by atoms with Gasteiger partial charge in [0.2, 0.25) is 5.88 Å². The number of hydrogen-bond acceptors (Lipinski definition) is 3. The van der Waals surface area contributed by atoms with E-state index in [0.717, 1.165) is 11.4 Å². The Balaban J connectivity index is 2.50. The molecule has 0 fully saturated rings. The van der Waals surface area contributed by atoms with Crippen LogP contribution in [0.5, 0.6) is 5.88 Å². The van der Waals surface area contributed by atoms with Gasteiger partial charge in [-0.25, -0.2) is 4.68 Å². The third-order valence-corrected chi connectivity index (χ3v) is 2.47. The van der Waals surface area contributed by atoms with Gasteiger partial charge >= 0.3 is 0 Å². The molecule has 0 aliphatic carbocycles. The lowest BCUT2D eigenvalue weighted by molar-refractivity contribution is 0.394. The zero-order chi connectivity index (χ0) is 11.5. The van der Waals surface area contributed by atoms with Crippen LogP contribution in [0.1, 0.15) is 5.69 Å². The summed E-state index contributed by atoms with van der Waals surface area (Å²) in [7, 11) is 1.57. The fourth-order valence-corrected chi connectivity index (χ4v) is 1.66. The van der Waals surface area contributed by atoms with E-state index in [1.54, 1.807) is 17.9 Å². The van der Waals surface area contributed by atoms with Gasteiger partial charge in [-0.1, -0.05) is 17.7 Å². The summed E-state index contributed by atoms with van der Waals surface area (Å²) in [5, 5.41) is 4.93. The standard InChI is InChI=1S/C11H12ClN3O/c1-16-11-6-10(7-13)15(14-11)9-4-2-3-8(12)5-9/h2-6H,7,13H2,1H3. The van der Waals surface area contributed by atoms with E-state index in [4.69, 9.17) is 22.1 Å². The topological polar surface area (TPSA) is 53.1 Å². The summed E-state index contributed by atoms with van der Waals surface area (Å²) in [6.45, 7) is 0.392. The Labute approximate surface area is 98.6 Å². The molecule has 4 nitrogen and oxygen atoms in total. The molecule has 16 heavy (non-hydrogen) atoms. The Bertz CT molecular complexity index is 496. The molecule has 0 spiro atoms. The van der Waals surface area contributed by atoms with Crippen molar-refractivity contribution in [1.29, 1.82) is 0 Å². The van der Waals surface area contributed by atoms with Crippen LogP contribution in [-0.4, -0.2) is 16.9 Å². The van der Waals surface area contributed by atoms with Gasteiger partial charge in [0, 0.05) is 17.6 Å². The van der Waals surface area contributed by atoms with Gasteiger partial charge in [-0.05, 0) is 18.2 Å². The number of methoxy groups -OCH3 is 1. The zero-order valence-corrected chi connectivity index (χ0v) is 9.61. The number of halogens is 1. The molecule has 0 amide bonds. The van der Waals surface area contributed by atoms with Crippen LogP contribution in [0, 0.1) is 0 Å². The minimum absolute atomic E-state index is 0.392. The van der Waals surface area contributed by atoms with Crippen molar-refractivity contribution in [2.24, 2.45) is 5.73 Å². The number of hydrogen-bond donors (Lipinski definition) is 1. The third kappa shape index (κ3) is 2.03. The molecule has 0 unspecified atom stereocenters. The minimum Gasteiger partial charge on any atom is -0.480 e. The van der Waals surface area contributed by atoms with Gasteiger partial charge in [0.15, 0.2) is 0 Å². The summed E-state index contributed by atoms with van der Waals surface area (Å²) in [5.41, 5.74) is 7.39. The number of nitrogens with zero attached hydrogens (tertiary/aromatic N) is 2. The molecule has 1 heterocycles. The second-order valence-corrected chi connectivity index (χ2v) is 3.71. The maximum atomic E-state index is 5.93. The normalized spacial score (nSPS) is 10.4. The van der Waals surface area contributed by atoms with Gasteiger partial charge in [0.25, 0.3) is 0 Å². The van der Waals surface area contributed by atoms with Crippen LogP contribution in [0.25, 0.3) is 5.69 Å². The van der Waals surface area contributed by atoms with E-state index < -0.39 is 0 Å². The van der Waals surface area contributed by atoms with Gasteiger partial charge in [-0.2, -0.15) is 0 Å². The Morgan fingerprint density at radius 2 is 2.25 bits per heavy atom. The monoisotopic (exact) mass is 237 g/mol. The molecule has 0 aliphatic heterocycles. The highest BCUT2D eigenvalue weighted by atomic mass is 35.5. The number of ether oxygens (including phenoxy) is 1. The number of nitrogens with two attached hydrogens (primary N) is 1. The average Bonchev–Trinajstić information content (AvgIpc) is 2.72. The maximum Gasteiger partial charge on any atom is 0.233 e. The molecule has 84 valence electrons. The van der Waals surface area contributed by atoms with E-state index in [0.29, 0.717) is 17.4 Å². The van der Waals surface area contributed by atoms with Crippen LogP contribution < -0.4 is 10.5 Å². The van der Waals surface area contributed by atoms with Crippen LogP contribution in [0.4, 0.5) is 0 Å². The van der Waals surface area contributed by atoms with Crippen molar-refractivity contribution in [3.05, 3.63) is 41.0 Å². The molecule has 0 saturated heterocycles. The highest BCUT2D eigenvalue weighted by molar-refractivity contribution is 6.30. The zero-order valence-electron chi connectivity index (χ0n) is 8.85. The lowest BCUT2D eigenvalue weighted by Crippen LogP contribution is -2.06. The lowest BCUT2D eigenvalue weighted by atomic mass is 10.3. The fraction of sp³-hybridized carbons (Fsp3) is 0.182. The van der Waals surface area contributed by atoms with Crippen molar-refractivity contribution in [2.75, 3.05) is 7.11 Å². The second-order valence-electron chi connectivity index (χ2n) is 3.27. The molecule has 2 rings (SSSR count). The van der Waals surface area contributed by atoms with Gasteiger partial charge < -0.3 is 10.5 Å². The van der Waals surface area contributed by atoms with E-state index in [1.165, 1.54) is 0 Å². The smallest absolute Gasteiger partial charge is 0.233 e. The molecule has 2 aromatic rings. The summed E-state index contributed by atoms with van der Waals surface area (Å²) in [6.07, 6.45) is 0. The molecule has 0 aliphatic rings. The van der Waals surface area contributed by atoms with Crippen LogP contribution in [0.3, 0.4) is 0 Å². The van der Waals surface area contributed by atoms with E-state index in [9.17, 15) is 0 Å². The van der Waals surface area contributed by atoms with E-state index in [-0.39, 0.29) is 0 Å². The van der Waals surface area contributed by atoms with Crippen LogP contribution >= 0.6 is 11.6 Å². The predicted molar refractivity (Wildman–Crippen MR) is 63.0 cm³/mol. The molecule has 2 N–H and O–H groups in total. The summed E-state index contributed by atoms with van der Waals surface area (Å²) in [5.74, 6) is 0.542. The van der Waals surface area contributed by atoms with Crippen molar-refractivity contribution >= 4 is 11.6 Å². The Morgan fingerprint density at radius 3 is 2.88 bits per heavy atom. The Hall–Kier alpha value is -1.52. The summed E-state index contributed by atoms with van der Waals surface area (Å²) >= 11 is 5.93. The first-order valence-electron chi connectivity index (χ1n) is 4.83. The molecule has 0 bridgehead atoms. The van der Waals surface area contributed by atoms with Gasteiger partial charge in [-0.15, -0.1) is 5.10 Å². The van der Waals surface area contributed by atoms with E-state index in [1.807, 2.05) is 24.3 Å². The van der Waals surface area contributed by atoms with Crippen molar-refractivity contribution in [3.8, 4) is 11.6 Å². The first-order chi connectivity index (χ1) is 7.74. The Morgan fingerprint density at radius 1 is 1.44 bits per heavy atom. The fourth-order valence-electron chi connectivity index (χ4n) is 1.47. The predicted octanol–water partition coefficient (Wildman–Crippen LogP) is 1.99. The molecular formula is C11H12ClN3O. The first kappa shape index (κ1) is 11.0. The van der Waals surface area contributed by atoms with E-state index in [2.05, 4.69) is 5.10 Å². The molecule has 0 atom stereocenters. The highest BCUT2D eigenvalue weighted by Crippen LogP contribution is 2.19. The molecule has 1 aromatic carbocycles. The quantitative estimate of drug-likeness (QED) is 0.888. The second kappa shape index (κ2) is 4.55. The average molecular weight is 238 g/mol. The van der Waals surface area contributed by atoms with E-state index >= 15 is 0 Å². The highest BCUT2D eigenvalue weighted by Gasteiger charge is 2.08. The third-order valence-electron chi connectivity index (χ3n) is 2.23. The van der Waals surface area contributed by atoms with Crippen molar-refractivity contribution in [1.82, 2.24) is 9.78 Å². The van der Waals surface area contributed by atoms with Crippen molar-refractivity contribution < 1.29 is 4.74 Å². The SMILES string of the molecule is COc1cc(CN)n(-c2cccc(Cl)c2)n1. The number of benzene rings is 1. The van der Waals surface area contributed by atoms with Crippen molar-refractivity contribution in [2.45, 2.75) is 6.54 Å². The lowest BCUT2D eigenvalue weighted by Gasteiger charge is -2.05. The minimum atomic E-state index is 0.392. The van der Waals surface area contributed by atoms with Crippen molar-refractivity contribution in [3.63, 3.8) is 0 Å². The molecule has 1 aromatic heterocycles. The summed E-state index contributed by atoms with van der Waals surface area (Å²) in [6, 6.07) is 9.23. The van der Waals surface area contributed by atoms with Gasteiger partial charge in [0.1, 0.15) is 0 Å². The number of aromatic nitrogens is 2. The molecule has 0 radical (unpaired) electrons. The summed E-state index contributed by atoms with van der Waals surface area (Å²) < 4.78 is 6.80. The molecular weight excluding hydrogens is 226 g/mol. The Kier molecular flexibility index (Phi) is 3.12. The first-order valence-corrected chi connectivity index (χ1v) is 5.21. The van der Waals surface area contributed by atoms with Gasteiger partial charge in [-0.3, -0.25) is 0 Å². The maximum absolute atomic E-state index is 5.93. The van der Waals surface area contributed by atoms with Gasteiger partial charge in [0.05, 0.1) is 18.5 Å². The largest absolute Gasteiger partial charge is 0.480 e. The number of rotatable bonds is 3. The van der Waals surface area contributed by atoms with Crippen LogP contribution in [0.2, 0.25) is 5.02 Å². The van der Waals surface area contributed by atoms with Crippen LogP contribution in [-0.2, 0) is 6.54 Å². The van der Waals surface area contributed by atoms with Crippen LogP contribution in [0.15, 0.2) is 30.3 Å². The summed E-state index contributed by atoms with van der Waals surface area (Å²) in [4.78, 5) is 0. The molecule has 5 heteroatoms. The molecule has 0 saturated carbocycles.